The summed E-state index contributed by atoms with van der Waals surface area (Å²) in [6.45, 7) is 5.91. The summed E-state index contributed by atoms with van der Waals surface area (Å²) in [5.41, 5.74) is 3.78. The van der Waals surface area contributed by atoms with E-state index in [1.807, 2.05) is 0 Å². The first-order valence-corrected chi connectivity index (χ1v) is 6.40. The normalized spacial score (nSPS) is 22.9. The number of morpholine rings is 1. The van der Waals surface area contributed by atoms with Crippen LogP contribution in [0.15, 0.2) is 18.7 Å². The van der Waals surface area contributed by atoms with E-state index in [-0.39, 0.29) is 12.1 Å². The van der Waals surface area contributed by atoms with Crippen molar-refractivity contribution in [1.82, 2.24) is 20.3 Å². The number of hydrazine groups is 1. The lowest BCUT2D eigenvalue weighted by Crippen LogP contribution is -2.49. The van der Waals surface area contributed by atoms with E-state index in [4.69, 9.17) is 10.6 Å². The summed E-state index contributed by atoms with van der Waals surface area (Å²) >= 11 is 0. The van der Waals surface area contributed by atoms with Crippen molar-refractivity contribution in [3.05, 3.63) is 24.3 Å². The van der Waals surface area contributed by atoms with Crippen LogP contribution in [-0.2, 0) is 4.74 Å². The molecular weight excluding hydrogens is 230 g/mol. The third-order valence-electron chi connectivity index (χ3n) is 3.21. The Morgan fingerprint density at radius 3 is 3.00 bits per heavy atom. The average molecular weight is 251 g/mol. The second-order valence-electron chi connectivity index (χ2n) is 4.53. The van der Waals surface area contributed by atoms with Crippen molar-refractivity contribution in [3.63, 3.8) is 0 Å². The number of rotatable bonds is 5. The molecule has 0 aromatic carbocycles. The van der Waals surface area contributed by atoms with Crippen molar-refractivity contribution in [2.75, 3.05) is 26.2 Å². The monoisotopic (exact) mass is 251 g/mol. The molecule has 6 nitrogen and oxygen atoms in total. The minimum absolute atomic E-state index is 0.0429. The third kappa shape index (κ3) is 3.23. The van der Waals surface area contributed by atoms with Gasteiger partial charge in [0.1, 0.15) is 6.33 Å². The maximum Gasteiger partial charge on any atom is 0.115 e. The van der Waals surface area contributed by atoms with Crippen LogP contribution in [0.3, 0.4) is 0 Å². The molecule has 1 fully saturated rings. The van der Waals surface area contributed by atoms with Crippen LogP contribution in [0, 0.1) is 0 Å². The fourth-order valence-electron chi connectivity index (χ4n) is 2.34. The number of ether oxygens (including phenoxy) is 1. The average Bonchev–Trinajstić information content (AvgIpc) is 2.42. The summed E-state index contributed by atoms with van der Waals surface area (Å²) in [7, 11) is 0. The van der Waals surface area contributed by atoms with Crippen LogP contribution in [0.1, 0.15) is 24.9 Å². The van der Waals surface area contributed by atoms with E-state index in [9.17, 15) is 0 Å². The van der Waals surface area contributed by atoms with Gasteiger partial charge in [0, 0.05) is 31.0 Å². The molecule has 1 saturated heterocycles. The second kappa shape index (κ2) is 6.75. The van der Waals surface area contributed by atoms with Gasteiger partial charge in [0.05, 0.1) is 18.8 Å². The van der Waals surface area contributed by atoms with Crippen LogP contribution in [0.5, 0.6) is 0 Å². The summed E-state index contributed by atoms with van der Waals surface area (Å²) in [6.07, 6.45) is 6.27. The van der Waals surface area contributed by atoms with Gasteiger partial charge in [0.25, 0.3) is 0 Å². The Hall–Kier alpha value is -1.08. The standard InChI is InChI=1S/C12H21N5O/c1-2-3-17-4-5-18-11(8-17)12(16-13)10-6-14-9-15-7-10/h6-7,9,11-12,16H,2-5,8,13H2,1H3. The molecule has 2 heterocycles. The zero-order valence-electron chi connectivity index (χ0n) is 10.7. The summed E-state index contributed by atoms with van der Waals surface area (Å²) in [6, 6.07) is -0.0640. The molecule has 6 heteroatoms. The maximum atomic E-state index is 5.82. The summed E-state index contributed by atoms with van der Waals surface area (Å²) in [4.78, 5) is 10.5. The molecule has 1 aliphatic heterocycles. The Bertz CT molecular complexity index is 346. The lowest BCUT2D eigenvalue weighted by Gasteiger charge is -2.36. The van der Waals surface area contributed by atoms with Gasteiger partial charge in [0.2, 0.25) is 0 Å². The van der Waals surface area contributed by atoms with Crippen molar-refractivity contribution in [2.24, 2.45) is 5.84 Å². The van der Waals surface area contributed by atoms with Gasteiger partial charge >= 0.3 is 0 Å². The first-order valence-electron chi connectivity index (χ1n) is 6.40. The van der Waals surface area contributed by atoms with Crippen LogP contribution in [0.2, 0.25) is 0 Å². The van der Waals surface area contributed by atoms with Crippen LogP contribution < -0.4 is 11.3 Å². The SMILES string of the molecule is CCCN1CCOC(C(NN)c2cncnc2)C1. The molecule has 0 spiro atoms. The highest BCUT2D eigenvalue weighted by atomic mass is 16.5. The van der Waals surface area contributed by atoms with E-state index in [0.717, 1.165) is 38.2 Å². The molecule has 1 aromatic heterocycles. The van der Waals surface area contributed by atoms with Crippen LogP contribution in [0.25, 0.3) is 0 Å². The van der Waals surface area contributed by atoms with Crippen molar-refractivity contribution >= 4 is 0 Å². The number of hydrogen-bond acceptors (Lipinski definition) is 6. The van der Waals surface area contributed by atoms with E-state index in [0.29, 0.717) is 0 Å². The Morgan fingerprint density at radius 2 is 2.33 bits per heavy atom. The molecule has 0 radical (unpaired) electrons. The Kier molecular flexibility index (Phi) is 5.00. The molecule has 0 saturated carbocycles. The highest BCUT2D eigenvalue weighted by Gasteiger charge is 2.28. The second-order valence-corrected chi connectivity index (χ2v) is 4.53. The molecule has 2 unspecified atom stereocenters. The Morgan fingerprint density at radius 1 is 1.56 bits per heavy atom. The number of nitrogens with two attached hydrogens (primary N) is 1. The highest BCUT2D eigenvalue weighted by molar-refractivity contribution is 5.11. The van der Waals surface area contributed by atoms with Gasteiger partial charge < -0.3 is 4.74 Å². The Labute approximate surface area is 108 Å². The summed E-state index contributed by atoms with van der Waals surface area (Å²) in [5.74, 6) is 5.65. The smallest absolute Gasteiger partial charge is 0.115 e. The highest BCUT2D eigenvalue weighted by Crippen LogP contribution is 2.20. The summed E-state index contributed by atoms with van der Waals surface area (Å²) < 4.78 is 5.82. The molecule has 3 N–H and O–H groups in total. The molecule has 18 heavy (non-hydrogen) atoms. The molecule has 100 valence electrons. The quantitative estimate of drug-likeness (QED) is 0.570. The largest absolute Gasteiger partial charge is 0.374 e. The van der Waals surface area contributed by atoms with E-state index in [1.165, 1.54) is 6.33 Å². The third-order valence-corrected chi connectivity index (χ3v) is 3.21. The zero-order valence-corrected chi connectivity index (χ0v) is 10.7. The summed E-state index contributed by atoms with van der Waals surface area (Å²) in [5, 5.41) is 0. The Balaban J connectivity index is 2.03. The lowest BCUT2D eigenvalue weighted by molar-refractivity contribution is -0.0472. The van der Waals surface area contributed by atoms with Crippen molar-refractivity contribution < 1.29 is 4.74 Å². The van der Waals surface area contributed by atoms with Crippen LogP contribution in [-0.4, -0.2) is 47.2 Å². The fourth-order valence-corrected chi connectivity index (χ4v) is 2.34. The molecule has 0 bridgehead atoms. The molecule has 1 aliphatic rings. The fraction of sp³-hybridized carbons (Fsp3) is 0.667. The number of nitrogens with one attached hydrogen (secondary N) is 1. The number of nitrogens with zero attached hydrogens (tertiary/aromatic N) is 3. The van der Waals surface area contributed by atoms with Crippen molar-refractivity contribution in [2.45, 2.75) is 25.5 Å². The minimum atomic E-state index is -0.0640. The van der Waals surface area contributed by atoms with Crippen LogP contribution >= 0.6 is 0 Å². The minimum Gasteiger partial charge on any atom is -0.374 e. The van der Waals surface area contributed by atoms with Gasteiger partial charge in [-0.3, -0.25) is 16.2 Å². The first-order chi connectivity index (χ1) is 8.85. The molecule has 0 aliphatic carbocycles. The van der Waals surface area contributed by atoms with Gasteiger partial charge in [-0.15, -0.1) is 0 Å². The number of aromatic nitrogens is 2. The predicted octanol–water partition coefficient (Wildman–Crippen LogP) is 0.0918. The molecule has 1 aromatic rings. The van der Waals surface area contributed by atoms with E-state index < -0.39 is 0 Å². The lowest BCUT2D eigenvalue weighted by atomic mass is 10.0. The van der Waals surface area contributed by atoms with Crippen molar-refractivity contribution in [3.8, 4) is 0 Å². The molecular formula is C12H21N5O. The zero-order chi connectivity index (χ0) is 12.8. The van der Waals surface area contributed by atoms with Gasteiger partial charge in [-0.25, -0.2) is 9.97 Å². The molecule has 2 rings (SSSR count). The van der Waals surface area contributed by atoms with Gasteiger partial charge in [-0.2, -0.15) is 0 Å². The van der Waals surface area contributed by atoms with E-state index in [2.05, 4.69) is 27.2 Å². The van der Waals surface area contributed by atoms with Crippen molar-refractivity contribution in [1.29, 1.82) is 0 Å². The van der Waals surface area contributed by atoms with Gasteiger partial charge in [-0.05, 0) is 13.0 Å². The number of hydrogen-bond donors (Lipinski definition) is 2. The van der Waals surface area contributed by atoms with Gasteiger partial charge in [-0.1, -0.05) is 6.92 Å². The van der Waals surface area contributed by atoms with E-state index >= 15 is 0 Å². The molecule has 0 amide bonds. The molecule has 2 atom stereocenters. The van der Waals surface area contributed by atoms with Gasteiger partial charge in [0.15, 0.2) is 0 Å². The maximum absolute atomic E-state index is 5.82. The van der Waals surface area contributed by atoms with E-state index in [1.54, 1.807) is 12.4 Å². The predicted molar refractivity (Wildman–Crippen MR) is 68.6 cm³/mol. The topological polar surface area (TPSA) is 76.3 Å². The van der Waals surface area contributed by atoms with Crippen LogP contribution in [0.4, 0.5) is 0 Å². The first kappa shape index (κ1) is 13.4.